The van der Waals surface area contributed by atoms with Crippen molar-refractivity contribution >= 4 is 34.1 Å². The maximum atomic E-state index is 12.9. The second-order valence-electron chi connectivity index (χ2n) is 5.81. The third-order valence-electron chi connectivity index (χ3n) is 3.50. The van der Waals surface area contributed by atoms with Crippen molar-refractivity contribution in [2.45, 2.75) is 29.9 Å². The first-order chi connectivity index (χ1) is 12.1. The van der Waals surface area contributed by atoms with E-state index in [2.05, 4.69) is 29.4 Å². The van der Waals surface area contributed by atoms with E-state index in [1.54, 1.807) is 0 Å². The molecule has 1 amide bonds. The summed E-state index contributed by atoms with van der Waals surface area (Å²) in [5.41, 5.74) is 0.961. The third kappa shape index (κ3) is 4.67. The molecule has 1 unspecified atom stereocenters. The summed E-state index contributed by atoms with van der Waals surface area (Å²) in [6.07, 6.45) is 0. The lowest BCUT2D eigenvalue weighted by Crippen LogP contribution is -2.18. The molecule has 4 nitrogen and oxygen atoms in total. The van der Waals surface area contributed by atoms with Gasteiger partial charge in [-0.3, -0.25) is 10.1 Å². The number of aromatic nitrogens is 2. The van der Waals surface area contributed by atoms with Crippen molar-refractivity contribution in [1.29, 1.82) is 0 Å². The van der Waals surface area contributed by atoms with Gasteiger partial charge in [0, 0.05) is 10.8 Å². The van der Waals surface area contributed by atoms with Crippen LogP contribution in [0, 0.1) is 0 Å². The molecule has 128 valence electrons. The van der Waals surface area contributed by atoms with Crippen molar-refractivity contribution in [3.8, 4) is 0 Å². The molecule has 0 saturated heterocycles. The molecule has 1 atom stereocenters. The summed E-state index contributed by atoms with van der Waals surface area (Å²) in [5.74, 6) is 0.207. The molecular weight excluding hydrogens is 350 g/mol. The van der Waals surface area contributed by atoms with Crippen LogP contribution in [0.1, 0.15) is 35.6 Å². The van der Waals surface area contributed by atoms with Crippen LogP contribution in [0.15, 0.2) is 65.6 Å². The summed E-state index contributed by atoms with van der Waals surface area (Å²) in [6.45, 7) is 4.12. The highest BCUT2D eigenvalue weighted by molar-refractivity contribution is 8.00. The fourth-order valence-electron chi connectivity index (χ4n) is 2.23. The lowest BCUT2D eigenvalue weighted by molar-refractivity contribution is -0.115. The van der Waals surface area contributed by atoms with Gasteiger partial charge in [-0.25, -0.2) is 0 Å². The topological polar surface area (TPSA) is 54.9 Å². The molecule has 0 aliphatic heterocycles. The minimum absolute atomic E-state index is 0.0912. The molecule has 0 fully saturated rings. The Balaban J connectivity index is 1.81. The minimum Gasteiger partial charge on any atom is -0.299 e. The van der Waals surface area contributed by atoms with Crippen LogP contribution in [0.4, 0.5) is 5.13 Å². The molecule has 3 aromatic rings. The zero-order valence-electron chi connectivity index (χ0n) is 14.0. The molecule has 6 heteroatoms. The molecule has 1 N–H and O–H groups in total. The number of carbonyl (C=O) groups excluding carboxylic acids is 1. The van der Waals surface area contributed by atoms with Gasteiger partial charge in [-0.1, -0.05) is 73.7 Å². The smallest absolute Gasteiger partial charge is 0.244 e. The summed E-state index contributed by atoms with van der Waals surface area (Å²) in [5, 5.41) is 12.3. The highest BCUT2D eigenvalue weighted by Gasteiger charge is 2.23. The van der Waals surface area contributed by atoms with Gasteiger partial charge in [0.15, 0.2) is 0 Å². The Morgan fingerprint density at radius 3 is 2.24 bits per heavy atom. The molecule has 0 aliphatic carbocycles. The number of nitrogens with zero attached hydrogens (tertiary/aromatic N) is 2. The molecule has 0 spiro atoms. The average Bonchev–Trinajstić information content (AvgIpc) is 3.10. The van der Waals surface area contributed by atoms with Crippen molar-refractivity contribution in [2.24, 2.45) is 0 Å². The summed E-state index contributed by atoms with van der Waals surface area (Å²) < 4.78 is 0. The number of rotatable bonds is 6. The highest BCUT2D eigenvalue weighted by Crippen LogP contribution is 2.36. The number of carbonyl (C=O) groups is 1. The van der Waals surface area contributed by atoms with E-state index in [0.717, 1.165) is 15.5 Å². The molecule has 0 radical (unpaired) electrons. The van der Waals surface area contributed by atoms with Crippen molar-refractivity contribution in [1.82, 2.24) is 10.2 Å². The largest absolute Gasteiger partial charge is 0.299 e. The number of hydrogen-bond donors (Lipinski definition) is 1. The van der Waals surface area contributed by atoms with Gasteiger partial charge in [0.1, 0.15) is 10.3 Å². The molecule has 0 bridgehead atoms. The predicted octanol–water partition coefficient (Wildman–Crippen LogP) is 5.13. The normalized spacial score (nSPS) is 12.1. The van der Waals surface area contributed by atoms with E-state index in [1.165, 1.54) is 23.1 Å². The molecule has 2 aromatic carbocycles. The summed E-state index contributed by atoms with van der Waals surface area (Å²) in [4.78, 5) is 14.0. The van der Waals surface area contributed by atoms with Gasteiger partial charge in [0.05, 0.1) is 0 Å². The lowest BCUT2D eigenvalue weighted by atomic mass is 10.1. The van der Waals surface area contributed by atoms with E-state index in [-0.39, 0.29) is 11.2 Å². The predicted molar refractivity (Wildman–Crippen MR) is 104 cm³/mol. The molecular formula is C19H19N3OS2. The van der Waals surface area contributed by atoms with Gasteiger partial charge < -0.3 is 0 Å². The second-order valence-corrected chi connectivity index (χ2v) is 8.00. The first kappa shape index (κ1) is 17.6. The Kier molecular flexibility index (Phi) is 5.83. The van der Waals surface area contributed by atoms with Crippen LogP contribution < -0.4 is 5.32 Å². The Labute approximate surface area is 155 Å². The number of benzene rings is 2. The molecule has 0 aliphatic rings. The number of amides is 1. The van der Waals surface area contributed by atoms with E-state index in [4.69, 9.17) is 0 Å². The van der Waals surface area contributed by atoms with Crippen LogP contribution in [-0.4, -0.2) is 16.1 Å². The highest BCUT2D eigenvalue weighted by atomic mass is 32.2. The third-order valence-corrected chi connectivity index (χ3v) is 5.91. The Hall–Kier alpha value is -2.18. The number of nitrogens with one attached hydrogen (secondary N) is 1. The molecule has 25 heavy (non-hydrogen) atoms. The maximum absolute atomic E-state index is 12.9. The van der Waals surface area contributed by atoms with Crippen molar-refractivity contribution in [3.63, 3.8) is 0 Å². The van der Waals surface area contributed by atoms with Gasteiger partial charge in [0.25, 0.3) is 0 Å². The van der Waals surface area contributed by atoms with Gasteiger partial charge in [-0.15, -0.1) is 22.0 Å². The summed E-state index contributed by atoms with van der Waals surface area (Å²) in [6, 6.07) is 19.7. The van der Waals surface area contributed by atoms with Crippen LogP contribution in [0.2, 0.25) is 0 Å². The van der Waals surface area contributed by atoms with E-state index < -0.39 is 0 Å². The van der Waals surface area contributed by atoms with Crippen LogP contribution in [0.5, 0.6) is 0 Å². The van der Waals surface area contributed by atoms with E-state index >= 15 is 0 Å². The average molecular weight is 370 g/mol. The Morgan fingerprint density at radius 1 is 1.00 bits per heavy atom. The first-order valence-corrected chi connectivity index (χ1v) is 9.74. The quantitative estimate of drug-likeness (QED) is 0.612. The first-order valence-electron chi connectivity index (χ1n) is 8.04. The number of anilines is 1. The van der Waals surface area contributed by atoms with Crippen LogP contribution in [-0.2, 0) is 4.79 Å². The Bertz CT molecular complexity index is 819. The van der Waals surface area contributed by atoms with Gasteiger partial charge in [-0.05, 0) is 17.7 Å². The van der Waals surface area contributed by atoms with Crippen LogP contribution >= 0.6 is 23.1 Å². The molecule has 3 rings (SSSR count). The summed E-state index contributed by atoms with van der Waals surface area (Å²) in [7, 11) is 0. The lowest BCUT2D eigenvalue weighted by Gasteiger charge is -2.16. The minimum atomic E-state index is -0.352. The van der Waals surface area contributed by atoms with E-state index in [1.807, 2.05) is 60.7 Å². The van der Waals surface area contributed by atoms with Crippen molar-refractivity contribution in [3.05, 3.63) is 71.2 Å². The van der Waals surface area contributed by atoms with E-state index in [0.29, 0.717) is 11.0 Å². The van der Waals surface area contributed by atoms with Crippen LogP contribution in [0.25, 0.3) is 0 Å². The molecule has 0 saturated carbocycles. The monoisotopic (exact) mass is 369 g/mol. The molecule has 1 heterocycles. The Morgan fingerprint density at radius 2 is 1.64 bits per heavy atom. The van der Waals surface area contributed by atoms with Gasteiger partial charge in [-0.2, -0.15) is 0 Å². The van der Waals surface area contributed by atoms with Gasteiger partial charge in [0.2, 0.25) is 11.0 Å². The summed E-state index contributed by atoms with van der Waals surface area (Å²) >= 11 is 2.95. The standard InChI is InChI=1S/C19H19N3OS2/c1-13(2)18-21-22-19(25-18)20-17(23)16(14-9-5-3-6-10-14)24-15-11-7-4-8-12-15/h3-13,16H,1-2H3,(H,20,22,23). The van der Waals surface area contributed by atoms with Gasteiger partial charge >= 0.3 is 0 Å². The number of hydrogen-bond acceptors (Lipinski definition) is 5. The fraction of sp³-hybridized carbons (Fsp3) is 0.211. The molecule has 1 aromatic heterocycles. The maximum Gasteiger partial charge on any atom is 0.244 e. The fourth-order valence-corrected chi connectivity index (χ4v) is 4.02. The van der Waals surface area contributed by atoms with Crippen molar-refractivity contribution in [2.75, 3.05) is 5.32 Å². The zero-order valence-corrected chi connectivity index (χ0v) is 15.7. The van der Waals surface area contributed by atoms with Crippen LogP contribution in [0.3, 0.4) is 0 Å². The SMILES string of the molecule is CC(C)c1nnc(NC(=O)C(Sc2ccccc2)c2ccccc2)s1. The zero-order chi connectivity index (χ0) is 17.6. The second kappa shape index (κ2) is 8.27. The van der Waals surface area contributed by atoms with Crippen molar-refractivity contribution < 1.29 is 4.79 Å². The number of thioether (sulfide) groups is 1. The van der Waals surface area contributed by atoms with E-state index in [9.17, 15) is 4.79 Å².